The maximum Gasteiger partial charge on any atom is 0.262 e. The summed E-state index contributed by atoms with van der Waals surface area (Å²) >= 11 is 1.43. The molecule has 2 aromatic heterocycles. The van der Waals surface area contributed by atoms with Gasteiger partial charge in [-0.1, -0.05) is 18.2 Å². The second-order valence-corrected chi connectivity index (χ2v) is 6.11. The van der Waals surface area contributed by atoms with Crippen molar-refractivity contribution in [3.63, 3.8) is 0 Å². The molecule has 0 atom stereocenters. The van der Waals surface area contributed by atoms with Gasteiger partial charge in [0.1, 0.15) is 5.82 Å². The van der Waals surface area contributed by atoms with Crippen LogP contribution in [0.25, 0.3) is 11.0 Å². The minimum absolute atomic E-state index is 0.0783. The zero-order valence-electron chi connectivity index (χ0n) is 11.3. The van der Waals surface area contributed by atoms with E-state index in [0.29, 0.717) is 4.88 Å². The zero-order chi connectivity index (χ0) is 14.2. The second kappa shape index (κ2) is 4.76. The number of rotatable bonds is 3. The minimum Gasteiger partial charge on any atom is -0.340 e. The van der Waals surface area contributed by atoms with Crippen LogP contribution < -0.4 is 5.32 Å². The predicted octanol–water partition coefficient (Wildman–Crippen LogP) is 3.29. The quantitative estimate of drug-likeness (QED) is 0.776. The van der Waals surface area contributed by atoms with Crippen LogP contribution in [0, 0.1) is 0 Å². The Labute approximate surface area is 120 Å². The first kappa shape index (κ1) is 12.9. The van der Waals surface area contributed by atoms with Gasteiger partial charge in [0.15, 0.2) is 0 Å². The number of imidazole rings is 1. The van der Waals surface area contributed by atoms with Crippen molar-refractivity contribution < 1.29 is 4.79 Å². The van der Waals surface area contributed by atoms with E-state index in [1.165, 1.54) is 11.3 Å². The summed E-state index contributed by atoms with van der Waals surface area (Å²) in [4.78, 5) is 20.7. The van der Waals surface area contributed by atoms with E-state index in [4.69, 9.17) is 0 Å². The van der Waals surface area contributed by atoms with Gasteiger partial charge in [-0.05, 0) is 37.4 Å². The number of benzene rings is 1. The molecule has 1 aromatic carbocycles. The van der Waals surface area contributed by atoms with Crippen molar-refractivity contribution in [2.45, 2.75) is 19.4 Å². The van der Waals surface area contributed by atoms with Crippen molar-refractivity contribution in [2.75, 3.05) is 0 Å². The molecular weight excluding hydrogens is 270 g/mol. The largest absolute Gasteiger partial charge is 0.340 e. The van der Waals surface area contributed by atoms with E-state index >= 15 is 0 Å². The summed E-state index contributed by atoms with van der Waals surface area (Å²) in [5.74, 6) is 0.675. The molecule has 1 amide bonds. The number of hydrogen-bond donors (Lipinski definition) is 2. The molecule has 2 N–H and O–H groups in total. The van der Waals surface area contributed by atoms with Gasteiger partial charge in [-0.25, -0.2) is 4.98 Å². The first-order valence-corrected chi connectivity index (χ1v) is 7.25. The first-order chi connectivity index (χ1) is 9.56. The molecule has 20 heavy (non-hydrogen) atoms. The number of aromatic amines is 1. The number of aromatic nitrogens is 2. The molecule has 5 heteroatoms. The maximum atomic E-state index is 12.2. The molecular formula is C15H15N3OS. The Morgan fingerprint density at radius 2 is 2.05 bits per heavy atom. The third-order valence-electron chi connectivity index (χ3n) is 3.15. The molecule has 0 aliphatic rings. The van der Waals surface area contributed by atoms with Gasteiger partial charge in [0.2, 0.25) is 0 Å². The highest BCUT2D eigenvalue weighted by Gasteiger charge is 2.27. The molecule has 0 fully saturated rings. The number of para-hydroxylation sites is 2. The molecule has 0 saturated carbocycles. The van der Waals surface area contributed by atoms with E-state index in [1.54, 1.807) is 0 Å². The molecule has 0 aliphatic carbocycles. The second-order valence-electron chi connectivity index (χ2n) is 5.16. The predicted molar refractivity (Wildman–Crippen MR) is 80.9 cm³/mol. The van der Waals surface area contributed by atoms with Crippen LogP contribution in [-0.4, -0.2) is 15.9 Å². The van der Waals surface area contributed by atoms with E-state index in [1.807, 2.05) is 55.6 Å². The van der Waals surface area contributed by atoms with E-state index in [0.717, 1.165) is 16.9 Å². The van der Waals surface area contributed by atoms with Crippen LogP contribution in [0.1, 0.15) is 29.3 Å². The molecule has 0 bridgehead atoms. The molecule has 2 heterocycles. The number of thiophene rings is 1. The number of nitrogens with one attached hydrogen (secondary N) is 2. The molecule has 0 saturated heterocycles. The van der Waals surface area contributed by atoms with Crippen LogP contribution in [0.2, 0.25) is 0 Å². The van der Waals surface area contributed by atoms with E-state index in [-0.39, 0.29) is 5.91 Å². The van der Waals surface area contributed by atoms with Crippen LogP contribution >= 0.6 is 11.3 Å². The fraction of sp³-hybridized carbons (Fsp3) is 0.200. The number of carbonyl (C=O) groups is 1. The van der Waals surface area contributed by atoms with Crippen molar-refractivity contribution in [3.8, 4) is 0 Å². The number of carbonyl (C=O) groups excluding carboxylic acids is 1. The van der Waals surface area contributed by atoms with Crippen LogP contribution in [0.4, 0.5) is 0 Å². The van der Waals surface area contributed by atoms with Gasteiger partial charge in [-0.15, -0.1) is 11.3 Å². The van der Waals surface area contributed by atoms with Crippen LogP contribution in [0.5, 0.6) is 0 Å². The fourth-order valence-electron chi connectivity index (χ4n) is 2.06. The molecule has 0 spiro atoms. The highest BCUT2D eigenvalue weighted by atomic mass is 32.1. The normalized spacial score (nSPS) is 11.7. The van der Waals surface area contributed by atoms with Gasteiger partial charge in [-0.3, -0.25) is 4.79 Å². The molecule has 0 aliphatic heterocycles. The number of H-pyrrole nitrogens is 1. The smallest absolute Gasteiger partial charge is 0.262 e. The number of nitrogens with zero attached hydrogens (tertiary/aromatic N) is 1. The van der Waals surface area contributed by atoms with Crippen molar-refractivity contribution in [3.05, 3.63) is 52.5 Å². The summed E-state index contributed by atoms with van der Waals surface area (Å²) in [5, 5.41) is 4.91. The highest BCUT2D eigenvalue weighted by Crippen LogP contribution is 2.21. The van der Waals surface area contributed by atoms with Gasteiger partial charge in [-0.2, -0.15) is 0 Å². The van der Waals surface area contributed by atoms with Crippen molar-refractivity contribution in [1.29, 1.82) is 0 Å². The van der Waals surface area contributed by atoms with Gasteiger partial charge in [0.05, 0.1) is 21.4 Å². The van der Waals surface area contributed by atoms with Crippen LogP contribution in [0.15, 0.2) is 41.8 Å². The standard InChI is InChI=1S/C15H15N3OS/c1-15(2,18-13(19)12-8-5-9-20-12)14-16-10-6-3-4-7-11(10)17-14/h3-9H,1-2H3,(H,16,17)(H,18,19). The van der Waals surface area contributed by atoms with Gasteiger partial charge < -0.3 is 10.3 Å². The molecule has 0 unspecified atom stereocenters. The lowest BCUT2D eigenvalue weighted by atomic mass is 10.0. The summed E-state index contributed by atoms with van der Waals surface area (Å²) in [6.07, 6.45) is 0. The van der Waals surface area contributed by atoms with Crippen molar-refractivity contribution in [1.82, 2.24) is 15.3 Å². The molecule has 0 radical (unpaired) electrons. The van der Waals surface area contributed by atoms with E-state index in [9.17, 15) is 4.79 Å². The molecule has 4 nitrogen and oxygen atoms in total. The monoisotopic (exact) mass is 285 g/mol. The first-order valence-electron chi connectivity index (χ1n) is 6.37. The SMILES string of the molecule is CC(C)(NC(=O)c1cccs1)c1nc2ccccc2[nH]1. The number of amides is 1. The lowest BCUT2D eigenvalue weighted by Crippen LogP contribution is -2.41. The number of fused-ring (bicyclic) bond motifs is 1. The molecule has 102 valence electrons. The molecule has 3 rings (SSSR count). The summed E-state index contributed by atoms with van der Waals surface area (Å²) in [7, 11) is 0. The van der Waals surface area contributed by atoms with Crippen LogP contribution in [-0.2, 0) is 5.54 Å². The Bertz CT molecular complexity index is 710. The van der Waals surface area contributed by atoms with Crippen molar-refractivity contribution >= 4 is 28.3 Å². The number of hydrogen-bond acceptors (Lipinski definition) is 3. The minimum atomic E-state index is -0.555. The van der Waals surface area contributed by atoms with Gasteiger partial charge >= 0.3 is 0 Å². The van der Waals surface area contributed by atoms with Crippen molar-refractivity contribution in [2.24, 2.45) is 0 Å². The third-order valence-corrected chi connectivity index (χ3v) is 4.02. The Hall–Kier alpha value is -2.14. The zero-order valence-corrected chi connectivity index (χ0v) is 12.1. The summed E-state index contributed by atoms with van der Waals surface area (Å²) in [6, 6.07) is 11.5. The topological polar surface area (TPSA) is 57.8 Å². The summed E-state index contributed by atoms with van der Waals surface area (Å²) in [5.41, 5.74) is 1.32. The summed E-state index contributed by atoms with van der Waals surface area (Å²) < 4.78 is 0. The fourth-order valence-corrected chi connectivity index (χ4v) is 2.68. The Balaban J connectivity index is 1.89. The highest BCUT2D eigenvalue weighted by molar-refractivity contribution is 7.12. The summed E-state index contributed by atoms with van der Waals surface area (Å²) in [6.45, 7) is 3.88. The van der Waals surface area contributed by atoms with E-state index in [2.05, 4.69) is 15.3 Å². The Kier molecular flexibility index (Phi) is 3.06. The molecule has 3 aromatic rings. The lowest BCUT2D eigenvalue weighted by molar-refractivity contribution is 0.0913. The van der Waals surface area contributed by atoms with E-state index < -0.39 is 5.54 Å². The van der Waals surface area contributed by atoms with Crippen LogP contribution in [0.3, 0.4) is 0 Å². The average molecular weight is 285 g/mol. The lowest BCUT2D eigenvalue weighted by Gasteiger charge is -2.23. The van der Waals surface area contributed by atoms with Gasteiger partial charge in [0.25, 0.3) is 5.91 Å². The van der Waals surface area contributed by atoms with Gasteiger partial charge in [0, 0.05) is 0 Å². The Morgan fingerprint density at radius 3 is 2.75 bits per heavy atom. The third kappa shape index (κ3) is 2.32. The maximum absolute atomic E-state index is 12.2. The average Bonchev–Trinajstić information content (AvgIpc) is 3.07. The Morgan fingerprint density at radius 1 is 1.25 bits per heavy atom.